The highest BCUT2D eigenvalue weighted by molar-refractivity contribution is 14.1. The monoisotopic (exact) mass is 292 g/mol. The van der Waals surface area contributed by atoms with Gasteiger partial charge < -0.3 is 0 Å². The maximum absolute atomic E-state index is 11.1. The zero-order valence-corrected chi connectivity index (χ0v) is 9.47. The van der Waals surface area contributed by atoms with Crippen molar-refractivity contribution in [1.82, 2.24) is 0 Å². The van der Waals surface area contributed by atoms with Crippen molar-refractivity contribution in [1.29, 1.82) is 0 Å². The Bertz CT molecular complexity index is 292. The van der Waals surface area contributed by atoms with Crippen LogP contribution in [0, 0.1) is 3.57 Å². The maximum Gasteiger partial charge on any atom is 0.0526 e. The quantitative estimate of drug-likeness (QED) is 0.783. The molecule has 64 valence electrons. The first kappa shape index (κ1) is 9.92. The Morgan fingerprint density at radius 1 is 1.42 bits per heavy atom. The molecular formula is C9H9IOS. The van der Waals surface area contributed by atoms with Crippen LogP contribution in [0.4, 0.5) is 0 Å². The second kappa shape index (κ2) is 4.77. The van der Waals surface area contributed by atoms with E-state index in [2.05, 4.69) is 29.2 Å². The van der Waals surface area contributed by atoms with Gasteiger partial charge in [-0.1, -0.05) is 18.7 Å². The van der Waals surface area contributed by atoms with Gasteiger partial charge in [0.05, 0.1) is 5.75 Å². The van der Waals surface area contributed by atoms with Crippen LogP contribution in [0.2, 0.25) is 0 Å². The molecule has 1 atom stereocenters. The lowest BCUT2D eigenvalue weighted by molar-refractivity contribution is 0.688. The van der Waals surface area contributed by atoms with Gasteiger partial charge in [0.15, 0.2) is 0 Å². The predicted octanol–water partition coefficient (Wildman–Crippen LogP) is 2.68. The van der Waals surface area contributed by atoms with E-state index in [4.69, 9.17) is 0 Å². The molecule has 1 unspecified atom stereocenters. The van der Waals surface area contributed by atoms with Crippen LogP contribution in [0.25, 0.3) is 0 Å². The summed E-state index contributed by atoms with van der Waals surface area (Å²) >= 11 is 2.24. The van der Waals surface area contributed by atoms with Gasteiger partial charge in [-0.15, -0.1) is 0 Å². The second-order valence-corrected chi connectivity index (χ2v) is 4.95. The first-order valence-corrected chi connectivity index (χ1v) is 5.92. The molecule has 0 amide bonds. The van der Waals surface area contributed by atoms with E-state index in [1.54, 1.807) is 0 Å². The fourth-order valence-electron chi connectivity index (χ4n) is 0.804. The Morgan fingerprint density at radius 2 is 2.00 bits per heavy atom. The molecule has 12 heavy (non-hydrogen) atoms. The van der Waals surface area contributed by atoms with Crippen molar-refractivity contribution >= 4 is 33.4 Å². The third-order valence-corrected chi connectivity index (χ3v) is 3.12. The van der Waals surface area contributed by atoms with Crippen LogP contribution in [0.1, 0.15) is 5.56 Å². The lowest BCUT2D eigenvalue weighted by Crippen LogP contribution is -1.90. The molecule has 0 fully saturated rings. The molecule has 0 aliphatic rings. The first-order valence-electron chi connectivity index (χ1n) is 3.46. The predicted molar refractivity (Wildman–Crippen MR) is 61.2 cm³/mol. The Balaban J connectivity index is 2.71. The van der Waals surface area contributed by atoms with E-state index >= 15 is 0 Å². The van der Waals surface area contributed by atoms with Crippen molar-refractivity contribution in [2.24, 2.45) is 0 Å². The molecule has 1 aromatic carbocycles. The third-order valence-electron chi connectivity index (χ3n) is 1.41. The second-order valence-electron chi connectivity index (χ2n) is 2.32. The topological polar surface area (TPSA) is 17.1 Å². The molecule has 0 aromatic heterocycles. The Kier molecular flexibility index (Phi) is 3.94. The van der Waals surface area contributed by atoms with Crippen LogP contribution in [-0.4, -0.2) is 4.21 Å². The number of benzene rings is 1. The molecule has 1 nitrogen and oxygen atoms in total. The molecular weight excluding hydrogens is 283 g/mol. The molecule has 0 bridgehead atoms. The highest BCUT2D eigenvalue weighted by Crippen LogP contribution is 2.08. The van der Waals surface area contributed by atoms with E-state index < -0.39 is 10.8 Å². The molecule has 0 saturated carbocycles. The third kappa shape index (κ3) is 3.06. The minimum absolute atomic E-state index is 0.570. The van der Waals surface area contributed by atoms with Crippen LogP contribution in [-0.2, 0) is 16.6 Å². The van der Waals surface area contributed by atoms with Gasteiger partial charge in [0.2, 0.25) is 0 Å². The van der Waals surface area contributed by atoms with Crippen molar-refractivity contribution in [3.63, 3.8) is 0 Å². The van der Waals surface area contributed by atoms with Crippen molar-refractivity contribution < 1.29 is 4.21 Å². The lowest BCUT2D eigenvalue weighted by Gasteiger charge is -1.97. The molecule has 3 heteroatoms. The van der Waals surface area contributed by atoms with Gasteiger partial charge in [-0.3, -0.25) is 4.21 Å². The average molecular weight is 292 g/mol. The molecule has 1 rings (SSSR count). The first-order chi connectivity index (χ1) is 5.72. The van der Waals surface area contributed by atoms with Gasteiger partial charge in [-0.25, -0.2) is 0 Å². The van der Waals surface area contributed by atoms with Crippen molar-refractivity contribution in [3.8, 4) is 0 Å². The van der Waals surface area contributed by atoms with Crippen molar-refractivity contribution in [2.75, 3.05) is 0 Å². The summed E-state index contributed by atoms with van der Waals surface area (Å²) in [6.45, 7) is 3.47. The molecule has 0 aliphatic heterocycles. The summed E-state index contributed by atoms with van der Waals surface area (Å²) in [4.78, 5) is 0. The summed E-state index contributed by atoms with van der Waals surface area (Å²) in [5.74, 6) is 0.570. The molecule has 0 N–H and O–H groups in total. The van der Waals surface area contributed by atoms with Gasteiger partial charge in [0, 0.05) is 14.4 Å². The maximum atomic E-state index is 11.1. The van der Waals surface area contributed by atoms with Crippen molar-refractivity contribution in [3.05, 3.63) is 45.4 Å². The minimum Gasteiger partial charge on any atom is -0.255 e. The number of hydrogen-bond acceptors (Lipinski definition) is 1. The van der Waals surface area contributed by atoms with Crippen LogP contribution in [0.5, 0.6) is 0 Å². The summed E-state index contributed by atoms with van der Waals surface area (Å²) in [6.07, 6.45) is 0. The van der Waals surface area contributed by atoms with E-state index in [1.807, 2.05) is 24.3 Å². The van der Waals surface area contributed by atoms with Gasteiger partial charge in [0.25, 0.3) is 0 Å². The highest BCUT2D eigenvalue weighted by atomic mass is 127. The zero-order chi connectivity index (χ0) is 8.97. The Hall–Kier alpha value is -0.160. The highest BCUT2D eigenvalue weighted by Gasteiger charge is 1.96. The molecule has 0 radical (unpaired) electrons. The standard InChI is InChI=1S/C9H9IOS/c1-2-12(11)7-8-3-5-9(10)6-4-8/h2-6H,1,7H2. The molecule has 0 saturated heterocycles. The fourth-order valence-corrected chi connectivity index (χ4v) is 1.80. The minimum atomic E-state index is -0.923. The largest absolute Gasteiger partial charge is 0.255 e. The van der Waals surface area contributed by atoms with Crippen LogP contribution in [0.15, 0.2) is 36.3 Å². The molecule has 1 aromatic rings. The van der Waals surface area contributed by atoms with E-state index in [9.17, 15) is 4.21 Å². The normalized spacial score (nSPS) is 12.4. The number of hydrogen-bond donors (Lipinski definition) is 0. The summed E-state index contributed by atoms with van der Waals surface area (Å²) in [5.41, 5.74) is 1.09. The lowest BCUT2D eigenvalue weighted by atomic mass is 10.2. The smallest absolute Gasteiger partial charge is 0.0526 e. The van der Waals surface area contributed by atoms with E-state index in [-0.39, 0.29) is 0 Å². The van der Waals surface area contributed by atoms with Gasteiger partial charge in [-0.05, 0) is 45.7 Å². The van der Waals surface area contributed by atoms with Gasteiger partial charge >= 0.3 is 0 Å². The summed E-state index contributed by atoms with van der Waals surface area (Å²) in [5, 5.41) is 1.47. The van der Waals surface area contributed by atoms with Gasteiger partial charge in [-0.2, -0.15) is 0 Å². The van der Waals surface area contributed by atoms with Crippen LogP contribution in [0.3, 0.4) is 0 Å². The summed E-state index contributed by atoms with van der Waals surface area (Å²) in [7, 11) is -0.923. The summed E-state index contributed by atoms with van der Waals surface area (Å²) < 4.78 is 12.3. The van der Waals surface area contributed by atoms with E-state index in [0.717, 1.165) is 5.56 Å². The zero-order valence-electron chi connectivity index (χ0n) is 6.50. The number of halogens is 1. The summed E-state index contributed by atoms with van der Waals surface area (Å²) in [6, 6.07) is 8.00. The van der Waals surface area contributed by atoms with E-state index in [1.165, 1.54) is 8.98 Å². The molecule has 0 heterocycles. The fraction of sp³-hybridized carbons (Fsp3) is 0.111. The Labute approximate surface area is 88.5 Å². The number of rotatable bonds is 3. The van der Waals surface area contributed by atoms with Crippen LogP contribution < -0.4 is 0 Å². The molecule has 0 spiro atoms. The SMILES string of the molecule is C=CS(=O)Cc1ccc(I)cc1. The van der Waals surface area contributed by atoms with Crippen LogP contribution >= 0.6 is 22.6 Å². The van der Waals surface area contributed by atoms with Crippen molar-refractivity contribution in [2.45, 2.75) is 5.75 Å². The Morgan fingerprint density at radius 3 is 2.50 bits per heavy atom. The van der Waals surface area contributed by atoms with E-state index in [0.29, 0.717) is 5.75 Å². The average Bonchev–Trinajstić information content (AvgIpc) is 2.09. The molecule has 0 aliphatic carbocycles. The van der Waals surface area contributed by atoms with Gasteiger partial charge in [0.1, 0.15) is 0 Å².